The first kappa shape index (κ1) is 15.2. The minimum absolute atomic E-state index is 0.0883. The van der Waals surface area contributed by atoms with E-state index in [1.807, 2.05) is 6.92 Å². The highest BCUT2D eigenvalue weighted by Crippen LogP contribution is 2.18. The van der Waals surface area contributed by atoms with Crippen LogP contribution in [-0.4, -0.2) is 36.3 Å². The molecule has 104 valence electrons. The largest absolute Gasteiger partial charge is 0.478 e. The van der Waals surface area contributed by atoms with Crippen molar-refractivity contribution in [1.29, 1.82) is 0 Å². The molecule has 0 aliphatic carbocycles. The molecule has 0 unspecified atom stereocenters. The number of rotatable bonds is 6. The van der Waals surface area contributed by atoms with E-state index in [0.29, 0.717) is 12.8 Å². The number of aromatic carboxylic acids is 2. The van der Waals surface area contributed by atoms with Crippen molar-refractivity contribution in [3.8, 4) is 0 Å². The van der Waals surface area contributed by atoms with Crippen LogP contribution in [-0.2, 0) is 9.84 Å². The lowest BCUT2D eigenvalue weighted by Crippen LogP contribution is -2.12. The van der Waals surface area contributed by atoms with Gasteiger partial charge >= 0.3 is 11.9 Å². The molecule has 0 heterocycles. The third kappa shape index (κ3) is 3.54. The van der Waals surface area contributed by atoms with Gasteiger partial charge in [-0.15, -0.1) is 0 Å². The topological polar surface area (TPSA) is 109 Å². The smallest absolute Gasteiger partial charge is 0.336 e. The van der Waals surface area contributed by atoms with E-state index in [1.54, 1.807) is 0 Å². The van der Waals surface area contributed by atoms with Gasteiger partial charge in [-0.3, -0.25) is 0 Å². The summed E-state index contributed by atoms with van der Waals surface area (Å²) >= 11 is 0. The van der Waals surface area contributed by atoms with Gasteiger partial charge in [-0.25, -0.2) is 18.0 Å². The SMILES string of the molecule is CCCCS(=O)(=O)c1ccc(C(=O)O)c(C(=O)O)c1. The number of carbonyl (C=O) groups is 2. The summed E-state index contributed by atoms with van der Waals surface area (Å²) in [6.07, 6.45) is 1.16. The Balaban J connectivity index is 3.30. The summed E-state index contributed by atoms with van der Waals surface area (Å²) in [4.78, 5) is 21.6. The third-order valence-corrected chi connectivity index (χ3v) is 4.38. The molecule has 0 radical (unpaired) electrons. The number of sulfone groups is 1. The summed E-state index contributed by atoms with van der Waals surface area (Å²) < 4.78 is 23.8. The number of hydrogen-bond acceptors (Lipinski definition) is 4. The minimum atomic E-state index is -3.58. The zero-order valence-corrected chi connectivity index (χ0v) is 11.1. The van der Waals surface area contributed by atoms with Crippen LogP contribution in [0.4, 0.5) is 0 Å². The van der Waals surface area contributed by atoms with Crippen molar-refractivity contribution in [3.63, 3.8) is 0 Å². The maximum absolute atomic E-state index is 11.9. The van der Waals surface area contributed by atoms with Crippen LogP contribution in [0.3, 0.4) is 0 Å². The quantitative estimate of drug-likeness (QED) is 0.823. The van der Waals surface area contributed by atoms with Gasteiger partial charge in [0, 0.05) is 0 Å². The Labute approximate surface area is 110 Å². The van der Waals surface area contributed by atoms with Gasteiger partial charge in [0.1, 0.15) is 0 Å². The Bertz CT molecular complexity index is 603. The first-order valence-corrected chi connectivity index (χ1v) is 7.28. The van der Waals surface area contributed by atoms with Crippen molar-refractivity contribution < 1.29 is 28.2 Å². The lowest BCUT2D eigenvalue weighted by molar-refractivity contribution is 0.0651. The molecule has 7 heteroatoms. The van der Waals surface area contributed by atoms with Crippen LogP contribution in [0, 0.1) is 0 Å². The van der Waals surface area contributed by atoms with E-state index < -0.39 is 32.9 Å². The van der Waals surface area contributed by atoms with Gasteiger partial charge in [-0.1, -0.05) is 13.3 Å². The summed E-state index contributed by atoms with van der Waals surface area (Å²) in [5.74, 6) is -2.96. The highest BCUT2D eigenvalue weighted by atomic mass is 32.2. The second-order valence-electron chi connectivity index (χ2n) is 3.99. The van der Waals surface area contributed by atoms with Gasteiger partial charge in [-0.05, 0) is 24.6 Å². The molecule has 1 rings (SSSR count). The molecule has 1 aromatic rings. The summed E-state index contributed by atoms with van der Waals surface area (Å²) in [6, 6.07) is 3.03. The van der Waals surface area contributed by atoms with Crippen molar-refractivity contribution >= 4 is 21.8 Å². The summed E-state index contributed by atoms with van der Waals surface area (Å²) in [5, 5.41) is 17.8. The maximum atomic E-state index is 11.9. The van der Waals surface area contributed by atoms with E-state index in [4.69, 9.17) is 10.2 Å². The Morgan fingerprint density at radius 3 is 2.16 bits per heavy atom. The van der Waals surface area contributed by atoms with E-state index in [0.717, 1.165) is 18.2 Å². The van der Waals surface area contributed by atoms with E-state index in [2.05, 4.69) is 0 Å². The van der Waals surface area contributed by atoms with Gasteiger partial charge in [0.15, 0.2) is 9.84 Å². The van der Waals surface area contributed by atoms with Crippen LogP contribution in [0.1, 0.15) is 40.5 Å². The van der Waals surface area contributed by atoms with Crippen LogP contribution in [0.5, 0.6) is 0 Å². The molecule has 6 nitrogen and oxygen atoms in total. The normalized spacial score (nSPS) is 11.2. The summed E-state index contributed by atoms with van der Waals surface area (Å²) in [7, 11) is -3.58. The number of carboxylic acid groups (broad SMARTS) is 2. The van der Waals surface area contributed by atoms with E-state index in [-0.39, 0.29) is 10.6 Å². The van der Waals surface area contributed by atoms with Gasteiger partial charge in [-0.2, -0.15) is 0 Å². The fraction of sp³-hybridized carbons (Fsp3) is 0.333. The molecule has 0 fully saturated rings. The van der Waals surface area contributed by atoms with Crippen LogP contribution >= 0.6 is 0 Å². The first-order valence-electron chi connectivity index (χ1n) is 5.63. The lowest BCUT2D eigenvalue weighted by Gasteiger charge is -2.07. The molecule has 1 aromatic carbocycles. The highest BCUT2D eigenvalue weighted by molar-refractivity contribution is 7.91. The second kappa shape index (κ2) is 5.83. The summed E-state index contributed by atoms with van der Waals surface area (Å²) in [5.41, 5.74) is -0.952. The average Bonchev–Trinajstić information content (AvgIpc) is 2.35. The highest BCUT2D eigenvalue weighted by Gasteiger charge is 2.21. The fourth-order valence-electron chi connectivity index (χ4n) is 1.53. The molecule has 0 saturated carbocycles. The zero-order valence-electron chi connectivity index (χ0n) is 10.3. The van der Waals surface area contributed by atoms with Crippen molar-refractivity contribution in [2.75, 3.05) is 5.75 Å². The molecular weight excluding hydrogens is 272 g/mol. The molecule has 0 saturated heterocycles. The molecule has 0 aromatic heterocycles. The molecule has 0 bridgehead atoms. The first-order chi connectivity index (χ1) is 8.79. The molecule has 2 N–H and O–H groups in total. The van der Waals surface area contributed by atoms with Gasteiger partial charge in [0.25, 0.3) is 0 Å². The second-order valence-corrected chi connectivity index (χ2v) is 6.10. The van der Waals surface area contributed by atoms with E-state index in [9.17, 15) is 18.0 Å². The number of hydrogen-bond donors (Lipinski definition) is 2. The molecule has 0 aliphatic rings. The number of unbranched alkanes of at least 4 members (excludes halogenated alkanes) is 1. The Morgan fingerprint density at radius 1 is 1.11 bits per heavy atom. The maximum Gasteiger partial charge on any atom is 0.336 e. The van der Waals surface area contributed by atoms with Crippen molar-refractivity contribution in [1.82, 2.24) is 0 Å². The predicted octanol–water partition coefficient (Wildman–Crippen LogP) is 1.66. The number of carboxylic acids is 2. The molecule has 0 amide bonds. The standard InChI is InChI=1S/C12H14O6S/c1-2-3-6-19(17,18)8-4-5-9(11(13)14)10(7-8)12(15)16/h4-5,7H,2-3,6H2,1H3,(H,13,14)(H,15,16). The van der Waals surface area contributed by atoms with Crippen molar-refractivity contribution in [2.24, 2.45) is 0 Å². The molecular formula is C12H14O6S. The lowest BCUT2D eigenvalue weighted by atomic mass is 10.1. The molecule has 19 heavy (non-hydrogen) atoms. The zero-order chi connectivity index (χ0) is 14.6. The van der Waals surface area contributed by atoms with Crippen LogP contribution < -0.4 is 0 Å². The Hall–Kier alpha value is -1.89. The van der Waals surface area contributed by atoms with Gasteiger partial charge < -0.3 is 10.2 Å². The average molecular weight is 286 g/mol. The van der Waals surface area contributed by atoms with Crippen molar-refractivity contribution in [2.45, 2.75) is 24.7 Å². The minimum Gasteiger partial charge on any atom is -0.478 e. The van der Waals surface area contributed by atoms with Crippen LogP contribution in [0.25, 0.3) is 0 Å². The van der Waals surface area contributed by atoms with Gasteiger partial charge in [0.2, 0.25) is 0 Å². The van der Waals surface area contributed by atoms with E-state index in [1.165, 1.54) is 0 Å². The molecule has 0 atom stereocenters. The predicted molar refractivity (Wildman–Crippen MR) is 67.3 cm³/mol. The van der Waals surface area contributed by atoms with Crippen LogP contribution in [0.2, 0.25) is 0 Å². The molecule has 0 aliphatic heterocycles. The molecule has 0 spiro atoms. The van der Waals surface area contributed by atoms with E-state index >= 15 is 0 Å². The monoisotopic (exact) mass is 286 g/mol. The Kier molecular flexibility index (Phi) is 4.66. The third-order valence-electron chi connectivity index (χ3n) is 2.58. The van der Waals surface area contributed by atoms with Gasteiger partial charge in [0.05, 0.1) is 21.8 Å². The van der Waals surface area contributed by atoms with Crippen molar-refractivity contribution in [3.05, 3.63) is 29.3 Å². The van der Waals surface area contributed by atoms with Crippen LogP contribution in [0.15, 0.2) is 23.1 Å². The summed E-state index contributed by atoms with van der Waals surface area (Å²) in [6.45, 7) is 1.84. The number of benzene rings is 1. The fourth-order valence-corrected chi connectivity index (χ4v) is 3.01. The Morgan fingerprint density at radius 2 is 1.68 bits per heavy atom.